The first kappa shape index (κ1) is 24.0. The maximum Gasteiger partial charge on any atom is 0.295 e. The molecule has 1 aliphatic heterocycles. The number of benzene rings is 2. The summed E-state index contributed by atoms with van der Waals surface area (Å²) in [5.74, 6) is -0.866. The highest BCUT2D eigenvalue weighted by atomic mass is 35.5. The van der Waals surface area contributed by atoms with E-state index >= 15 is 0 Å². The highest BCUT2D eigenvalue weighted by Gasteiger charge is 2.46. The summed E-state index contributed by atoms with van der Waals surface area (Å²) in [5.41, 5.74) is 1.72. The molecule has 2 heterocycles. The predicted octanol–water partition coefficient (Wildman–Crippen LogP) is 4.93. The Morgan fingerprint density at radius 3 is 2.49 bits per heavy atom. The summed E-state index contributed by atoms with van der Waals surface area (Å²) in [4.78, 5) is 31.8. The van der Waals surface area contributed by atoms with Gasteiger partial charge in [0.2, 0.25) is 0 Å². The molecule has 1 aromatic heterocycles. The number of nitrogens with zero attached hydrogens (tertiary/aromatic N) is 2. The molecule has 2 aromatic carbocycles. The zero-order chi connectivity index (χ0) is 24.9. The van der Waals surface area contributed by atoms with Crippen molar-refractivity contribution in [3.8, 4) is 11.5 Å². The van der Waals surface area contributed by atoms with Gasteiger partial charge in [-0.05, 0) is 59.7 Å². The Balaban J connectivity index is 1.86. The number of aromatic nitrogens is 1. The molecule has 1 aliphatic rings. The van der Waals surface area contributed by atoms with E-state index in [1.165, 1.54) is 12.0 Å². The second-order valence-electron chi connectivity index (χ2n) is 7.80. The number of pyridine rings is 1. The predicted molar refractivity (Wildman–Crippen MR) is 132 cm³/mol. The van der Waals surface area contributed by atoms with E-state index in [9.17, 15) is 14.7 Å². The fourth-order valence-corrected chi connectivity index (χ4v) is 4.09. The summed E-state index contributed by atoms with van der Waals surface area (Å²) in [7, 11) is 1.50. The van der Waals surface area contributed by atoms with Crippen LogP contribution >= 0.6 is 11.6 Å². The molecule has 1 saturated heterocycles. The Bertz CT molecular complexity index is 1290. The number of Topliss-reactive ketones (excluding diaryl/α,β-unsaturated/α-hetero) is 1. The van der Waals surface area contributed by atoms with Gasteiger partial charge in [-0.3, -0.25) is 14.6 Å². The molecule has 1 fully saturated rings. The van der Waals surface area contributed by atoms with E-state index in [0.29, 0.717) is 27.6 Å². The van der Waals surface area contributed by atoms with Gasteiger partial charge in [0.05, 0.1) is 18.7 Å². The number of hydrogen-bond acceptors (Lipinski definition) is 6. The van der Waals surface area contributed by atoms with Crippen molar-refractivity contribution in [2.45, 2.75) is 12.6 Å². The second kappa shape index (κ2) is 10.4. The lowest BCUT2D eigenvalue weighted by Gasteiger charge is -2.26. The summed E-state index contributed by atoms with van der Waals surface area (Å²) in [6.45, 7) is 4.08. The van der Waals surface area contributed by atoms with Crippen molar-refractivity contribution < 1.29 is 24.2 Å². The van der Waals surface area contributed by atoms with Crippen molar-refractivity contribution in [2.75, 3.05) is 13.7 Å². The molecule has 0 aliphatic carbocycles. The first-order valence-corrected chi connectivity index (χ1v) is 11.2. The van der Waals surface area contributed by atoms with Crippen LogP contribution in [0.4, 0.5) is 0 Å². The molecule has 0 radical (unpaired) electrons. The Kier molecular flexibility index (Phi) is 7.17. The van der Waals surface area contributed by atoms with Crippen LogP contribution in [0.25, 0.3) is 5.76 Å². The first-order valence-electron chi connectivity index (χ1n) is 10.8. The average molecular weight is 491 g/mol. The lowest BCUT2D eigenvalue weighted by molar-refractivity contribution is -0.140. The molecule has 0 bridgehead atoms. The SMILES string of the molecule is C=CCOc1ccc(C2/C(=C(/O)c3ccc(Cl)cc3)C(=O)C(=O)N2Cc2ccncc2)cc1OC. The normalized spacial score (nSPS) is 16.9. The molecule has 0 spiro atoms. The van der Waals surface area contributed by atoms with Gasteiger partial charge in [0.1, 0.15) is 12.4 Å². The van der Waals surface area contributed by atoms with Crippen LogP contribution in [0.5, 0.6) is 11.5 Å². The van der Waals surface area contributed by atoms with E-state index in [-0.39, 0.29) is 24.5 Å². The monoisotopic (exact) mass is 490 g/mol. The number of carbonyl (C=O) groups excluding carboxylic acids is 2. The second-order valence-corrected chi connectivity index (χ2v) is 8.24. The van der Waals surface area contributed by atoms with Gasteiger partial charge in [0.25, 0.3) is 11.7 Å². The number of halogens is 1. The fraction of sp³-hybridized carbons (Fsp3) is 0.148. The van der Waals surface area contributed by atoms with E-state index in [2.05, 4.69) is 11.6 Å². The maximum atomic E-state index is 13.2. The topological polar surface area (TPSA) is 89.0 Å². The van der Waals surface area contributed by atoms with E-state index in [4.69, 9.17) is 21.1 Å². The van der Waals surface area contributed by atoms with E-state index in [0.717, 1.165) is 5.56 Å². The lowest BCUT2D eigenvalue weighted by Crippen LogP contribution is -2.29. The van der Waals surface area contributed by atoms with Crippen LogP contribution in [-0.4, -0.2) is 40.4 Å². The Labute approximate surface area is 207 Å². The smallest absolute Gasteiger partial charge is 0.295 e. The van der Waals surface area contributed by atoms with E-state index < -0.39 is 17.7 Å². The minimum Gasteiger partial charge on any atom is -0.507 e. The minimum absolute atomic E-state index is 0.0202. The number of aliphatic hydroxyl groups is 1. The summed E-state index contributed by atoms with van der Waals surface area (Å²) in [6, 6.07) is 14.2. The van der Waals surface area contributed by atoms with Crippen molar-refractivity contribution >= 4 is 29.1 Å². The molecule has 35 heavy (non-hydrogen) atoms. The fourth-order valence-electron chi connectivity index (χ4n) is 3.96. The number of likely N-dealkylation sites (tertiary alicyclic amines) is 1. The van der Waals surface area contributed by atoms with Crippen LogP contribution in [0.15, 0.2) is 85.2 Å². The number of methoxy groups -OCH3 is 1. The quantitative estimate of drug-likeness (QED) is 0.208. The number of hydrogen-bond donors (Lipinski definition) is 1. The summed E-state index contributed by atoms with van der Waals surface area (Å²) in [6.07, 6.45) is 4.84. The molecular weight excluding hydrogens is 468 g/mol. The molecule has 7 nitrogen and oxygen atoms in total. The Hall–Kier alpha value is -4.10. The summed E-state index contributed by atoms with van der Waals surface area (Å²) < 4.78 is 11.1. The van der Waals surface area contributed by atoms with Gasteiger partial charge in [0.15, 0.2) is 11.5 Å². The molecular formula is C27H23ClN2O5. The van der Waals surface area contributed by atoms with Crippen molar-refractivity contribution in [2.24, 2.45) is 0 Å². The van der Waals surface area contributed by atoms with Gasteiger partial charge in [-0.25, -0.2) is 0 Å². The van der Waals surface area contributed by atoms with Gasteiger partial charge in [-0.15, -0.1) is 0 Å². The number of carbonyl (C=O) groups is 2. The number of ether oxygens (including phenoxy) is 2. The summed E-state index contributed by atoms with van der Waals surface area (Å²) in [5, 5.41) is 11.7. The van der Waals surface area contributed by atoms with Crippen LogP contribution in [0.3, 0.4) is 0 Å². The van der Waals surface area contributed by atoms with Crippen LogP contribution in [0.2, 0.25) is 5.02 Å². The highest BCUT2D eigenvalue weighted by molar-refractivity contribution is 6.46. The standard InChI is InChI=1S/C27H23ClN2O5/c1-3-14-35-21-9-6-19(15-22(21)34-2)24-23(25(31)18-4-7-20(28)8-5-18)26(32)27(33)30(24)16-17-10-12-29-13-11-17/h3-13,15,24,31H,1,14,16H2,2H3/b25-23-. The molecule has 178 valence electrons. The number of rotatable bonds is 8. The average Bonchev–Trinajstić information content (AvgIpc) is 3.13. The molecule has 0 saturated carbocycles. The van der Waals surface area contributed by atoms with Crippen LogP contribution < -0.4 is 9.47 Å². The van der Waals surface area contributed by atoms with Crippen LogP contribution in [0, 0.1) is 0 Å². The highest BCUT2D eigenvalue weighted by Crippen LogP contribution is 2.42. The minimum atomic E-state index is -0.860. The van der Waals surface area contributed by atoms with Gasteiger partial charge in [-0.1, -0.05) is 30.3 Å². The largest absolute Gasteiger partial charge is 0.507 e. The molecule has 1 amide bonds. The molecule has 3 aromatic rings. The summed E-state index contributed by atoms with van der Waals surface area (Å²) >= 11 is 5.99. The zero-order valence-corrected chi connectivity index (χ0v) is 19.7. The van der Waals surface area contributed by atoms with E-state index in [1.807, 2.05) is 0 Å². The van der Waals surface area contributed by atoms with Crippen molar-refractivity contribution in [1.29, 1.82) is 0 Å². The van der Waals surface area contributed by atoms with Crippen LogP contribution in [0.1, 0.15) is 22.7 Å². The van der Waals surface area contributed by atoms with Gasteiger partial charge in [-0.2, -0.15) is 0 Å². The Morgan fingerprint density at radius 2 is 1.83 bits per heavy atom. The van der Waals surface area contributed by atoms with Crippen molar-refractivity contribution in [3.05, 3.63) is 107 Å². The molecule has 1 N–H and O–H groups in total. The first-order chi connectivity index (χ1) is 16.9. The van der Waals surface area contributed by atoms with Crippen LogP contribution in [-0.2, 0) is 16.1 Å². The number of aliphatic hydroxyl groups excluding tert-OH is 1. The van der Waals surface area contributed by atoms with Crippen molar-refractivity contribution in [3.63, 3.8) is 0 Å². The third-order valence-electron chi connectivity index (χ3n) is 5.62. The molecule has 4 rings (SSSR count). The number of amides is 1. The van der Waals surface area contributed by atoms with Gasteiger partial charge < -0.3 is 19.5 Å². The lowest BCUT2D eigenvalue weighted by atomic mass is 9.95. The maximum absolute atomic E-state index is 13.2. The van der Waals surface area contributed by atoms with Crippen molar-refractivity contribution in [1.82, 2.24) is 9.88 Å². The van der Waals surface area contributed by atoms with E-state index in [1.54, 1.807) is 73.1 Å². The van der Waals surface area contributed by atoms with Gasteiger partial charge in [0, 0.05) is 29.5 Å². The third kappa shape index (κ3) is 4.90. The molecule has 1 unspecified atom stereocenters. The molecule has 8 heteroatoms. The number of ketones is 1. The zero-order valence-electron chi connectivity index (χ0n) is 19.0. The molecule has 1 atom stereocenters. The third-order valence-corrected chi connectivity index (χ3v) is 5.87. The Morgan fingerprint density at radius 1 is 1.11 bits per heavy atom. The van der Waals surface area contributed by atoms with Gasteiger partial charge >= 0.3 is 0 Å².